The van der Waals surface area contributed by atoms with Gasteiger partial charge in [0.25, 0.3) is 0 Å². The van der Waals surface area contributed by atoms with Gasteiger partial charge in [0.1, 0.15) is 17.4 Å². The predicted octanol–water partition coefficient (Wildman–Crippen LogP) is 3.81. The lowest BCUT2D eigenvalue weighted by Crippen LogP contribution is -2.43. The normalized spacial score (nSPS) is 11.8. The second-order valence-corrected chi connectivity index (χ2v) is 8.55. The van der Waals surface area contributed by atoms with Gasteiger partial charge in [-0.2, -0.15) is 11.8 Å². The number of aryl methyl sites for hydroxylation is 1. The molecule has 1 atom stereocenters. The number of hydrogen-bond acceptors (Lipinski definition) is 6. The van der Waals surface area contributed by atoms with E-state index >= 15 is 0 Å². The number of carbonyl (C=O) groups is 2. The average Bonchev–Trinajstić information content (AvgIpc) is 2.77. The van der Waals surface area contributed by atoms with Crippen LogP contribution in [0.15, 0.2) is 51.7 Å². The van der Waals surface area contributed by atoms with Crippen molar-refractivity contribution in [1.29, 1.82) is 0 Å². The zero-order chi connectivity index (χ0) is 23.3. The molecule has 0 bridgehead atoms. The molecule has 0 spiro atoms. The second-order valence-electron chi connectivity index (χ2n) is 7.11. The van der Waals surface area contributed by atoms with E-state index in [1.165, 1.54) is 24.9 Å². The number of nitrogens with one attached hydrogen (secondary N) is 1. The van der Waals surface area contributed by atoms with Crippen molar-refractivity contribution in [3.05, 3.63) is 74.6 Å². The zero-order valence-electron chi connectivity index (χ0n) is 17.5. The minimum atomic E-state index is -1.14. The van der Waals surface area contributed by atoms with Crippen molar-refractivity contribution >= 4 is 46.2 Å². The minimum absolute atomic E-state index is 0.150. The Bertz CT molecular complexity index is 1190. The molecule has 3 aromatic rings. The third-order valence-corrected chi connectivity index (χ3v) is 6.33. The number of halogens is 1. The molecule has 1 heterocycles. The van der Waals surface area contributed by atoms with Crippen molar-refractivity contribution in [2.45, 2.75) is 25.1 Å². The monoisotopic (exact) mass is 475 g/mol. The number of rotatable bonds is 9. The first-order valence-corrected chi connectivity index (χ1v) is 11.3. The molecule has 7 nitrogen and oxygen atoms in total. The van der Waals surface area contributed by atoms with Gasteiger partial charge >= 0.3 is 11.6 Å². The standard InChI is InChI=1S/C23H22ClNO6S/c1-13-15-8-17(24)20(30-2)10-19(15)31-23(29)16(13)9-21(26)25-18(22(27)28)12-32-11-14-6-4-3-5-7-14/h3-8,10,18H,9,11-12H2,1-2H3,(H,25,26)(H,27,28)/t18-/m0/s1. The highest BCUT2D eigenvalue weighted by atomic mass is 35.5. The highest BCUT2D eigenvalue weighted by Gasteiger charge is 2.22. The Morgan fingerprint density at radius 1 is 1.25 bits per heavy atom. The Morgan fingerprint density at radius 2 is 1.97 bits per heavy atom. The maximum atomic E-state index is 12.6. The lowest BCUT2D eigenvalue weighted by Gasteiger charge is -2.15. The number of carbonyl (C=O) groups excluding carboxylic acids is 1. The summed E-state index contributed by atoms with van der Waals surface area (Å²) < 4.78 is 10.5. The van der Waals surface area contributed by atoms with Crippen LogP contribution in [0.4, 0.5) is 0 Å². The largest absolute Gasteiger partial charge is 0.495 e. The molecule has 9 heteroatoms. The molecular weight excluding hydrogens is 454 g/mol. The molecule has 2 aromatic carbocycles. The Kier molecular flexibility index (Phi) is 7.82. The van der Waals surface area contributed by atoms with Gasteiger partial charge in [0.05, 0.1) is 24.1 Å². The van der Waals surface area contributed by atoms with Crippen LogP contribution in [-0.4, -0.2) is 35.9 Å². The Morgan fingerprint density at radius 3 is 2.62 bits per heavy atom. The third-order valence-electron chi connectivity index (χ3n) is 4.93. The Balaban J connectivity index is 1.72. The number of amides is 1. The van der Waals surface area contributed by atoms with Crippen molar-refractivity contribution in [2.75, 3.05) is 12.9 Å². The summed E-state index contributed by atoms with van der Waals surface area (Å²) in [6.07, 6.45) is -0.305. The number of carboxylic acid groups (broad SMARTS) is 1. The summed E-state index contributed by atoms with van der Waals surface area (Å²) in [7, 11) is 1.45. The van der Waals surface area contributed by atoms with Gasteiger partial charge in [-0.15, -0.1) is 0 Å². The predicted molar refractivity (Wildman–Crippen MR) is 125 cm³/mol. The van der Waals surface area contributed by atoms with Crippen LogP contribution in [0.3, 0.4) is 0 Å². The zero-order valence-corrected chi connectivity index (χ0v) is 19.1. The fourth-order valence-corrected chi connectivity index (χ4v) is 4.45. The van der Waals surface area contributed by atoms with E-state index in [-0.39, 0.29) is 17.7 Å². The van der Waals surface area contributed by atoms with Crippen LogP contribution < -0.4 is 15.7 Å². The quantitative estimate of drug-likeness (QED) is 0.453. The number of aliphatic carboxylic acids is 1. The van der Waals surface area contributed by atoms with Crippen LogP contribution in [0.2, 0.25) is 5.02 Å². The van der Waals surface area contributed by atoms with Crippen LogP contribution in [0.25, 0.3) is 11.0 Å². The van der Waals surface area contributed by atoms with E-state index in [9.17, 15) is 19.5 Å². The fraction of sp³-hybridized carbons (Fsp3) is 0.261. The number of carboxylic acids is 1. The van der Waals surface area contributed by atoms with Gasteiger partial charge < -0.3 is 19.6 Å². The molecule has 0 saturated heterocycles. The molecule has 1 amide bonds. The van der Waals surface area contributed by atoms with Gasteiger partial charge in [0, 0.05) is 23.0 Å². The van der Waals surface area contributed by atoms with Crippen LogP contribution in [0.1, 0.15) is 16.7 Å². The third kappa shape index (κ3) is 5.63. The summed E-state index contributed by atoms with van der Waals surface area (Å²) in [5, 5.41) is 12.9. The number of fused-ring (bicyclic) bond motifs is 1. The molecule has 168 valence electrons. The summed E-state index contributed by atoms with van der Waals surface area (Å²) in [6, 6.07) is 11.7. The van der Waals surface area contributed by atoms with E-state index in [0.29, 0.717) is 33.1 Å². The van der Waals surface area contributed by atoms with E-state index in [0.717, 1.165) is 5.56 Å². The molecule has 0 aliphatic carbocycles. The first-order valence-electron chi connectivity index (χ1n) is 9.73. The van der Waals surface area contributed by atoms with Crippen molar-refractivity contribution in [1.82, 2.24) is 5.32 Å². The van der Waals surface area contributed by atoms with Gasteiger partial charge in [0.2, 0.25) is 5.91 Å². The molecule has 0 radical (unpaired) electrons. The Hall–Kier alpha value is -2.97. The summed E-state index contributed by atoms with van der Waals surface area (Å²) in [5.41, 5.74) is 1.38. The first kappa shape index (κ1) is 23.7. The van der Waals surface area contributed by atoms with Crippen LogP contribution >= 0.6 is 23.4 Å². The van der Waals surface area contributed by atoms with Crippen molar-refractivity contribution in [3.63, 3.8) is 0 Å². The molecule has 0 fully saturated rings. The van der Waals surface area contributed by atoms with Gasteiger partial charge in [-0.05, 0) is 24.1 Å². The second kappa shape index (κ2) is 10.6. The molecule has 2 N–H and O–H groups in total. The maximum absolute atomic E-state index is 12.6. The average molecular weight is 476 g/mol. The van der Waals surface area contributed by atoms with Gasteiger partial charge in [0.15, 0.2) is 0 Å². The summed E-state index contributed by atoms with van der Waals surface area (Å²) in [5.74, 6) is -0.536. The lowest BCUT2D eigenvalue weighted by atomic mass is 10.0. The van der Waals surface area contributed by atoms with Crippen molar-refractivity contribution < 1.29 is 23.8 Å². The summed E-state index contributed by atoms with van der Waals surface area (Å²) >= 11 is 7.58. The number of ether oxygens (including phenoxy) is 1. The van der Waals surface area contributed by atoms with E-state index in [1.54, 1.807) is 13.0 Å². The molecule has 0 unspecified atom stereocenters. The van der Waals surface area contributed by atoms with E-state index in [1.807, 2.05) is 30.3 Å². The smallest absolute Gasteiger partial charge is 0.340 e. The van der Waals surface area contributed by atoms with Gasteiger partial charge in [-0.25, -0.2) is 9.59 Å². The summed E-state index contributed by atoms with van der Waals surface area (Å²) in [4.78, 5) is 36.6. The molecule has 0 saturated carbocycles. The summed E-state index contributed by atoms with van der Waals surface area (Å²) in [6.45, 7) is 1.69. The minimum Gasteiger partial charge on any atom is -0.495 e. The van der Waals surface area contributed by atoms with Crippen LogP contribution in [-0.2, 0) is 21.8 Å². The molecule has 0 aliphatic rings. The van der Waals surface area contributed by atoms with Crippen molar-refractivity contribution in [3.8, 4) is 5.75 Å². The molecule has 32 heavy (non-hydrogen) atoms. The number of benzene rings is 2. The SMILES string of the molecule is COc1cc2oc(=O)c(CC(=O)N[C@@H](CSCc3ccccc3)C(=O)O)c(C)c2cc1Cl. The van der Waals surface area contributed by atoms with E-state index in [4.69, 9.17) is 20.8 Å². The molecule has 3 rings (SSSR count). The van der Waals surface area contributed by atoms with Gasteiger partial charge in [-0.1, -0.05) is 41.9 Å². The maximum Gasteiger partial charge on any atom is 0.340 e. The number of methoxy groups -OCH3 is 1. The lowest BCUT2D eigenvalue weighted by molar-refractivity contribution is -0.141. The topological polar surface area (TPSA) is 106 Å². The molecular formula is C23H22ClNO6S. The van der Waals surface area contributed by atoms with Crippen LogP contribution in [0.5, 0.6) is 5.75 Å². The highest BCUT2D eigenvalue weighted by molar-refractivity contribution is 7.98. The van der Waals surface area contributed by atoms with E-state index < -0.39 is 23.5 Å². The first-order chi connectivity index (χ1) is 15.3. The fourth-order valence-electron chi connectivity index (χ4n) is 3.20. The van der Waals surface area contributed by atoms with E-state index in [2.05, 4.69) is 5.32 Å². The highest BCUT2D eigenvalue weighted by Crippen LogP contribution is 2.31. The van der Waals surface area contributed by atoms with Crippen LogP contribution in [0, 0.1) is 6.92 Å². The number of thioether (sulfide) groups is 1. The number of hydrogen-bond donors (Lipinski definition) is 2. The Labute approximate surface area is 193 Å². The van der Waals surface area contributed by atoms with Gasteiger partial charge in [-0.3, -0.25) is 4.79 Å². The van der Waals surface area contributed by atoms with Crippen molar-refractivity contribution in [2.24, 2.45) is 0 Å². The molecule has 0 aliphatic heterocycles. The molecule has 1 aromatic heterocycles.